The summed E-state index contributed by atoms with van der Waals surface area (Å²) in [6, 6.07) is 13.9. The number of thiophene rings is 1. The fourth-order valence-electron chi connectivity index (χ4n) is 1.87. The summed E-state index contributed by atoms with van der Waals surface area (Å²) in [5.41, 5.74) is 7.17. The average molecular weight is 274 g/mol. The van der Waals surface area contributed by atoms with Gasteiger partial charge >= 0.3 is 0 Å². The summed E-state index contributed by atoms with van der Waals surface area (Å²) in [6.45, 7) is 0.611. The number of carbonyl (C=O) groups is 1. The van der Waals surface area contributed by atoms with Crippen LogP contribution < -0.4 is 11.1 Å². The van der Waals surface area contributed by atoms with Crippen LogP contribution in [0.3, 0.4) is 0 Å². The molecule has 3 N–H and O–H groups in total. The lowest BCUT2D eigenvalue weighted by Crippen LogP contribution is -2.28. The molecule has 0 fully saturated rings. The number of rotatable bonds is 6. The van der Waals surface area contributed by atoms with Crippen molar-refractivity contribution >= 4 is 17.2 Å². The standard InChI is InChI=1S/C15H18N2OS/c16-14(12-5-2-1-3-6-12)8-9-17-15(18)11-13-7-4-10-19-13/h1-7,10,14H,8-9,11,16H2,(H,17,18). The molecule has 0 bridgehead atoms. The number of hydrogen-bond donors (Lipinski definition) is 2. The molecule has 0 saturated heterocycles. The van der Waals surface area contributed by atoms with E-state index in [0.717, 1.165) is 16.9 Å². The molecule has 0 saturated carbocycles. The number of nitrogens with two attached hydrogens (primary N) is 1. The number of nitrogens with one attached hydrogen (secondary N) is 1. The van der Waals surface area contributed by atoms with E-state index in [1.165, 1.54) is 0 Å². The van der Waals surface area contributed by atoms with Gasteiger partial charge in [-0.2, -0.15) is 0 Å². The summed E-state index contributed by atoms with van der Waals surface area (Å²) in [6.07, 6.45) is 1.21. The van der Waals surface area contributed by atoms with E-state index >= 15 is 0 Å². The Bertz CT molecular complexity index is 496. The molecule has 19 heavy (non-hydrogen) atoms. The number of amides is 1. The summed E-state index contributed by atoms with van der Waals surface area (Å²) in [5.74, 6) is 0.0581. The van der Waals surface area contributed by atoms with Crippen molar-refractivity contribution in [3.05, 3.63) is 58.3 Å². The van der Waals surface area contributed by atoms with Gasteiger partial charge in [-0.25, -0.2) is 0 Å². The summed E-state index contributed by atoms with van der Waals surface area (Å²) < 4.78 is 0. The van der Waals surface area contributed by atoms with Crippen molar-refractivity contribution in [3.63, 3.8) is 0 Å². The lowest BCUT2D eigenvalue weighted by molar-refractivity contribution is -0.120. The first-order chi connectivity index (χ1) is 9.25. The molecule has 0 spiro atoms. The van der Waals surface area contributed by atoms with Crippen LogP contribution in [0.25, 0.3) is 0 Å². The minimum absolute atomic E-state index is 0.0248. The van der Waals surface area contributed by atoms with Crippen LogP contribution in [0.1, 0.15) is 22.9 Å². The largest absolute Gasteiger partial charge is 0.356 e. The maximum Gasteiger partial charge on any atom is 0.225 e. The van der Waals surface area contributed by atoms with Gasteiger partial charge in [0.25, 0.3) is 0 Å². The lowest BCUT2D eigenvalue weighted by atomic mass is 10.1. The third-order valence-electron chi connectivity index (χ3n) is 2.92. The van der Waals surface area contributed by atoms with Gasteiger partial charge in [-0.1, -0.05) is 36.4 Å². The molecular formula is C15H18N2OS. The quantitative estimate of drug-likeness (QED) is 0.850. The Kier molecular flexibility index (Phi) is 5.12. The third kappa shape index (κ3) is 4.50. The number of benzene rings is 1. The highest BCUT2D eigenvalue weighted by Crippen LogP contribution is 2.12. The van der Waals surface area contributed by atoms with Gasteiger partial charge in [-0.05, 0) is 23.4 Å². The van der Waals surface area contributed by atoms with Crippen molar-refractivity contribution in [2.45, 2.75) is 18.9 Å². The van der Waals surface area contributed by atoms with E-state index in [9.17, 15) is 4.79 Å². The van der Waals surface area contributed by atoms with E-state index in [-0.39, 0.29) is 11.9 Å². The molecule has 0 aliphatic rings. The first-order valence-electron chi connectivity index (χ1n) is 6.35. The fourth-order valence-corrected chi connectivity index (χ4v) is 2.57. The van der Waals surface area contributed by atoms with E-state index < -0.39 is 0 Å². The summed E-state index contributed by atoms with van der Waals surface area (Å²) in [7, 11) is 0. The molecule has 0 radical (unpaired) electrons. The zero-order valence-electron chi connectivity index (χ0n) is 10.7. The van der Waals surface area contributed by atoms with Crippen LogP contribution in [0, 0.1) is 0 Å². The maximum absolute atomic E-state index is 11.7. The van der Waals surface area contributed by atoms with Crippen molar-refractivity contribution in [3.8, 4) is 0 Å². The minimum atomic E-state index is -0.0248. The molecule has 0 aliphatic carbocycles. The Hall–Kier alpha value is -1.65. The Balaban J connectivity index is 1.70. The Morgan fingerprint density at radius 2 is 2.00 bits per heavy atom. The molecule has 1 aromatic heterocycles. The SMILES string of the molecule is NC(CCNC(=O)Cc1cccs1)c1ccccc1. The van der Waals surface area contributed by atoms with Crippen molar-refractivity contribution in [1.82, 2.24) is 5.32 Å². The predicted octanol–water partition coefficient (Wildman–Crippen LogP) is 2.50. The highest BCUT2D eigenvalue weighted by atomic mass is 32.1. The van der Waals surface area contributed by atoms with Crippen LogP contribution in [0.2, 0.25) is 0 Å². The zero-order valence-corrected chi connectivity index (χ0v) is 11.5. The molecule has 2 aromatic rings. The minimum Gasteiger partial charge on any atom is -0.356 e. The highest BCUT2D eigenvalue weighted by Gasteiger charge is 2.07. The van der Waals surface area contributed by atoms with Crippen molar-refractivity contribution < 1.29 is 4.79 Å². The van der Waals surface area contributed by atoms with Crippen molar-refractivity contribution in [2.24, 2.45) is 5.73 Å². The smallest absolute Gasteiger partial charge is 0.225 e. The predicted molar refractivity (Wildman–Crippen MR) is 79.0 cm³/mol. The first-order valence-corrected chi connectivity index (χ1v) is 7.23. The van der Waals surface area contributed by atoms with Gasteiger partial charge in [0, 0.05) is 17.5 Å². The Morgan fingerprint density at radius 1 is 1.21 bits per heavy atom. The Labute approximate surface area is 117 Å². The average Bonchev–Trinajstić information content (AvgIpc) is 2.92. The lowest BCUT2D eigenvalue weighted by Gasteiger charge is -2.12. The van der Waals surface area contributed by atoms with Gasteiger partial charge in [-0.3, -0.25) is 4.79 Å². The summed E-state index contributed by atoms with van der Waals surface area (Å²) in [4.78, 5) is 12.8. The molecule has 1 atom stereocenters. The molecule has 1 amide bonds. The van der Waals surface area contributed by atoms with Crippen LogP contribution in [-0.4, -0.2) is 12.5 Å². The fraction of sp³-hybridized carbons (Fsp3) is 0.267. The first kappa shape index (κ1) is 13.8. The normalized spacial score (nSPS) is 12.1. The van der Waals surface area contributed by atoms with Gasteiger partial charge in [0.15, 0.2) is 0 Å². The van der Waals surface area contributed by atoms with Crippen molar-refractivity contribution in [2.75, 3.05) is 6.54 Å². The summed E-state index contributed by atoms with van der Waals surface area (Å²) in [5, 5.41) is 4.89. The molecule has 2 rings (SSSR count). The van der Waals surface area contributed by atoms with E-state index in [1.54, 1.807) is 11.3 Å². The van der Waals surface area contributed by atoms with Gasteiger partial charge in [0.1, 0.15) is 0 Å². The second-order valence-corrected chi connectivity index (χ2v) is 5.44. The highest BCUT2D eigenvalue weighted by molar-refractivity contribution is 7.10. The van der Waals surface area contributed by atoms with Crippen molar-refractivity contribution in [1.29, 1.82) is 0 Å². The van der Waals surface area contributed by atoms with Crippen LogP contribution in [-0.2, 0) is 11.2 Å². The van der Waals surface area contributed by atoms with Gasteiger partial charge < -0.3 is 11.1 Å². The van der Waals surface area contributed by atoms with Crippen LogP contribution in [0.15, 0.2) is 47.8 Å². The Morgan fingerprint density at radius 3 is 2.68 bits per heavy atom. The second kappa shape index (κ2) is 7.07. The molecule has 1 aromatic carbocycles. The van der Waals surface area contributed by atoms with Gasteiger partial charge in [0.2, 0.25) is 5.91 Å². The third-order valence-corrected chi connectivity index (χ3v) is 3.80. The topological polar surface area (TPSA) is 55.1 Å². The van der Waals surface area contributed by atoms with E-state index in [0.29, 0.717) is 13.0 Å². The zero-order chi connectivity index (χ0) is 13.5. The van der Waals surface area contributed by atoms with Crippen LogP contribution >= 0.6 is 11.3 Å². The molecular weight excluding hydrogens is 256 g/mol. The monoisotopic (exact) mass is 274 g/mol. The number of carbonyl (C=O) groups excluding carboxylic acids is 1. The van der Waals surface area contributed by atoms with Crippen LogP contribution in [0.5, 0.6) is 0 Å². The van der Waals surface area contributed by atoms with Crippen LogP contribution in [0.4, 0.5) is 0 Å². The molecule has 1 heterocycles. The van der Waals surface area contributed by atoms with Gasteiger partial charge in [0.05, 0.1) is 6.42 Å². The molecule has 3 nitrogen and oxygen atoms in total. The van der Waals surface area contributed by atoms with E-state index in [4.69, 9.17) is 5.73 Å². The molecule has 4 heteroatoms. The molecule has 0 aliphatic heterocycles. The summed E-state index contributed by atoms with van der Waals surface area (Å²) >= 11 is 1.60. The van der Waals surface area contributed by atoms with E-state index in [1.807, 2.05) is 47.8 Å². The van der Waals surface area contributed by atoms with Gasteiger partial charge in [-0.15, -0.1) is 11.3 Å². The second-order valence-electron chi connectivity index (χ2n) is 4.41. The van der Waals surface area contributed by atoms with E-state index in [2.05, 4.69) is 5.32 Å². The molecule has 100 valence electrons. The number of hydrogen-bond acceptors (Lipinski definition) is 3. The maximum atomic E-state index is 11.7. The molecule has 1 unspecified atom stereocenters.